The van der Waals surface area contributed by atoms with E-state index >= 15 is 0 Å². The smallest absolute Gasteiger partial charge is 0.238 e. The third kappa shape index (κ3) is 6.64. The second kappa shape index (κ2) is 15.9. The van der Waals surface area contributed by atoms with Crippen LogP contribution in [0.5, 0.6) is 0 Å². The molecule has 0 spiro atoms. The van der Waals surface area contributed by atoms with Gasteiger partial charge in [0, 0.05) is 33.0 Å². The van der Waals surface area contributed by atoms with Crippen molar-refractivity contribution in [2.45, 2.75) is 6.92 Å². The van der Waals surface area contributed by atoms with E-state index in [2.05, 4.69) is 167 Å². The van der Waals surface area contributed by atoms with E-state index in [0.717, 1.165) is 82.0 Å². The second-order valence-electron chi connectivity index (χ2n) is 15.6. The zero-order chi connectivity index (χ0) is 42.3. The highest BCUT2D eigenvalue weighted by atomic mass is 15.2. The predicted molar refractivity (Wildman–Crippen MR) is 264 cm³/mol. The normalized spacial score (nSPS) is 12.0. The molecule has 3 aromatic heterocycles. The predicted octanol–water partition coefficient (Wildman–Crippen LogP) is 13.1. The van der Waals surface area contributed by atoms with Crippen molar-refractivity contribution in [3.8, 4) is 45.5 Å². The van der Waals surface area contributed by atoms with Gasteiger partial charge >= 0.3 is 0 Å². The Morgan fingerprint density at radius 2 is 0.857 bits per heavy atom. The fourth-order valence-corrected chi connectivity index (χ4v) is 8.94. The third-order valence-corrected chi connectivity index (χ3v) is 11.9. The van der Waals surface area contributed by atoms with Crippen molar-refractivity contribution >= 4 is 66.9 Å². The van der Waals surface area contributed by atoms with Gasteiger partial charge in [0.2, 0.25) is 5.95 Å². The molecule has 298 valence electrons. The number of hydrogen-bond donors (Lipinski definition) is 0. The minimum Gasteiger partial charge on any atom is -0.309 e. The van der Waals surface area contributed by atoms with Crippen LogP contribution in [0.3, 0.4) is 0 Å². The van der Waals surface area contributed by atoms with E-state index in [1.807, 2.05) is 67.6 Å². The van der Waals surface area contributed by atoms with E-state index in [1.165, 1.54) is 10.8 Å². The average molecular weight is 808 g/mol. The Kier molecular flexibility index (Phi) is 9.48. The quantitative estimate of drug-likeness (QED) is 0.168. The SMILES string of the molecule is C=c1/c(=C\C=C/C)n(-c2ccc(-c3ccc4c(c3)c3ccccc3n4-c3nc(-c4ccccc4)nc(-c4ccccc4)n3)cc2)c2ccccc2c2ccccc2c2ccccc12. The van der Waals surface area contributed by atoms with Crippen molar-refractivity contribution in [2.75, 3.05) is 0 Å². The molecule has 5 heteroatoms. The van der Waals surface area contributed by atoms with Gasteiger partial charge < -0.3 is 4.57 Å². The fourth-order valence-electron chi connectivity index (χ4n) is 8.94. The lowest BCUT2D eigenvalue weighted by atomic mass is 10.0. The number of benzene rings is 8. The summed E-state index contributed by atoms with van der Waals surface area (Å²) in [6, 6.07) is 70.4. The lowest BCUT2D eigenvalue weighted by Crippen LogP contribution is -2.32. The zero-order valence-electron chi connectivity index (χ0n) is 34.7. The van der Waals surface area contributed by atoms with Crippen molar-refractivity contribution in [3.05, 3.63) is 223 Å². The van der Waals surface area contributed by atoms with Crippen LogP contribution < -0.4 is 10.6 Å². The van der Waals surface area contributed by atoms with Crippen LogP contribution in [0.15, 0.2) is 212 Å². The zero-order valence-corrected chi connectivity index (χ0v) is 34.7. The van der Waals surface area contributed by atoms with Crippen LogP contribution >= 0.6 is 0 Å². The molecule has 0 aliphatic carbocycles. The molecule has 11 aromatic rings. The Labute approximate surface area is 364 Å². The summed E-state index contributed by atoms with van der Waals surface area (Å²) in [5, 5.41) is 9.99. The Morgan fingerprint density at radius 3 is 1.46 bits per heavy atom. The average Bonchev–Trinajstić information content (AvgIpc) is 3.70. The number of aromatic nitrogens is 5. The van der Waals surface area contributed by atoms with Gasteiger partial charge in [-0.25, -0.2) is 4.98 Å². The van der Waals surface area contributed by atoms with Crippen LogP contribution in [0.4, 0.5) is 0 Å². The van der Waals surface area contributed by atoms with E-state index < -0.39 is 0 Å². The maximum absolute atomic E-state index is 5.12. The van der Waals surface area contributed by atoms with Crippen molar-refractivity contribution in [3.63, 3.8) is 0 Å². The molecule has 11 rings (SSSR count). The maximum Gasteiger partial charge on any atom is 0.238 e. The molecule has 0 aliphatic rings. The van der Waals surface area contributed by atoms with E-state index in [-0.39, 0.29) is 0 Å². The van der Waals surface area contributed by atoms with E-state index in [4.69, 9.17) is 21.5 Å². The van der Waals surface area contributed by atoms with Gasteiger partial charge in [0.25, 0.3) is 0 Å². The Balaban J connectivity index is 1.10. The van der Waals surface area contributed by atoms with Crippen LogP contribution in [-0.2, 0) is 0 Å². The summed E-state index contributed by atoms with van der Waals surface area (Å²) in [6.45, 7) is 6.83. The first-order chi connectivity index (χ1) is 31.1. The van der Waals surface area contributed by atoms with Crippen molar-refractivity contribution in [1.29, 1.82) is 0 Å². The molecule has 0 N–H and O–H groups in total. The minimum absolute atomic E-state index is 0.573. The van der Waals surface area contributed by atoms with Gasteiger partial charge in [0.1, 0.15) is 0 Å². The number of para-hydroxylation sites is 2. The summed E-state index contributed by atoms with van der Waals surface area (Å²) in [7, 11) is 0. The molecule has 3 heterocycles. The molecule has 8 aromatic carbocycles. The largest absolute Gasteiger partial charge is 0.309 e. The summed E-state index contributed by atoms with van der Waals surface area (Å²) >= 11 is 0. The van der Waals surface area contributed by atoms with Gasteiger partial charge in [0.15, 0.2) is 11.6 Å². The van der Waals surface area contributed by atoms with Crippen LogP contribution in [0.1, 0.15) is 6.92 Å². The van der Waals surface area contributed by atoms with Crippen LogP contribution in [-0.4, -0.2) is 24.1 Å². The summed E-state index contributed by atoms with van der Waals surface area (Å²) in [6.07, 6.45) is 6.35. The first-order valence-corrected chi connectivity index (χ1v) is 21.3. The summed E-state index contributed by atoms with van der Waals surface area (Å²) < 4.78 is 4.53. The van der Waals surface area contributed by atoms with Gasteiger partial charge in [-0.2, -0.15) is 9.97 Å². The number of nitrogens with zero attached hydrogens (tertiary/aromatic N) is 5. The molecule has 5 nitrogen and oxygen atoms in total. The summed E-state index contributed by atoms with van der Waals surface area (Å²) in [5.41, 5.74) is 8.26. The molecular formula is C58H41N5. The van der Waals surface area contributed by atoms with Gasteiger partial charge in [-0.1, -0.05) is 183 Å². The van der Waals surface area contributed by atoms with Gasteiger partial charge in [0.05, 0.1) is 21.9 Å². The molecule has 0 saturated heterocycles. The van der Waals surface area contributed by atoms with Crippen molar-refractivity contribution in [2.24, 2.45) is 0 Å². The van der Waals surface area contributed by atoms with Crippen LogP contribution in [0.2, 0.25) is 0 Å². The molecular weight excluding hydrogens is 767 g/mol. The van der Waals surface area contributed by atoms with Crippen LogP contribution in [0.25, 0.3) is 112 Å². The maximum atomic E-state index is 5.12. The van der Waals surface area contributed by atoms with Gasteiger partial charge in [-0.15, -0.1) is 0 Å². The van der Waals surface area contributed by atoms with E-state index in [0.29, 0.717) is 17.6 Å². The molecule has 0 saturated carbocycles. The number of fused-ring (bicyclic) bond motifs is 8. The van der Waals surface area contributed by atoms with Crippen molar-refractivity contribution < 1.29 is 0 Å². The van der Waals surface area contributed by atoms with E-state index in [1.54, 1.807) is 0 Å². The molecule has 0 fully saturated rings. The minimum atomic E-state index is 0.573. The highest BCUT2D eigenvalue weighted by Crippen LogP contribution is 2.36. The lowest BCUT2D eigenvalue weighted by Gasteiger charge is -2.13. The molecule has 63 heavy (non-hydrogen) atoms. The lowest BCUT2D eigenvalue weighted by molar-refractivity contribution is 0.953. The summed E-state index contributed by atoms with van der Waals surface area (Å²) in [5.74, 6) is 1.83. The monoisotopic (exact) mass is 807 g/mol. The topological polar surface area (TPSA) is 48.5 Å². The molecule has 0 atom stereocenters. The molecule has 0 bridgehead atoms. The number of allylic oxidation sites excluding steroid dienone is 2. The standard InChI is InChI=1S/C58H41N5/c1-3-4-29-52-39(2)45-23-11-12-24-46(45)47-25-13-14-26-48(47)49-27-15-17-30-53(49)62(52)44-35-32-40(33-36-44)43-34-37-55-51(38-43)50-28-16-18-31-54(50)63(55)58-60-56(41-19-7-5-8-20-41)59-57(61-58)42-21-9-6-10-22-42/h3-38H,2H2,1H3/b4-3-,52-29+. The second-order valence-corrected chi connectivity index (χ2v) is 15.6. The van der Waals surface area contributed by atoms with Gasteiger partial charge in [-0.05, 0) is 87.3 Å². The molecule has 0 aliphatic heterocycles. The Bertz CT molecular complexity index is 3690. The fraction of sp³-hybridized carbons (Fsp3) is 0.0172. The first-order valence-electron chi connectivity index (χ1n) is 21.3. The first kappa shape index (κ1) is 37.6. The van der Waals surface area contributed by atoms with Crippen molar-refractivity contribution in [1.82, 2.24) is 24.1 Å². The molecule has 0 radical (unpaired) electrons. The third-order valence-electron chi connectivity index (χ3n) is 11.9. The highest BCUT2D eigenvalue weighted by molar-refractivity contribution is 6.14. The van der Waals surface area contributed by atoms with Gasteiger partial charge in [-0.3, -0.25) is 4.57 Å². The Morgan fingerprint density at radius 1 is 0.397 bits per heavy atom. The van der Waals surface area contributed by atoms with Crippen LogP contribution in [0, 0.1) is 0 Å². The Hall–Kier alpha value is -8.41. The number of rotatable bonds is 6. The number of hydrogen-bond acceptors (Lipinski definition) is 3. The highest BCUT2D eigenvalue weighted by Gasteiger charge is 2.18. The van der Waals surface area contributed by atoms with E-state index in [9.17, 15) is 0 Å². The molecule has 0 amide bonds. The molecule has 0 unspecified atom stereocenters. The summed E-state index contributed by atoms with van der Waals surface area (Å²) in [4.78, 5) is 15.2.